The first-order chi connectivity index (χ1) is 22.6. The molecule has 0 unspecified atom stereocenters. The van der Waals surface area contributed by atoms with Crippen LogP contribution >= 0.6 is 0 Å². The van der Waals surface area contributed by atoms with Gasteiger partial charge in [-0.3, -0.25) is 0 Å². The van der Waals surface area contributed by atoms with Gasteiger partial charge in [0.25, 0.3) is 0 Å². The Bertz CT molecular complexity index is 2220. The van der Waals surface area contributed by atoms with Crippen LogP contribution in [0.4, 0.5) is 14.5 Å². The van der Waals surface area contributed by atoms with Crippen LogP contribution in [0.15, 0.2) is 78.9 Å². The fraction of sp³-hybridized carbons (Fsp3) is 0.216. The van der Waals surface area contributed by atoms with Crippen LogP contribution in [0, 0.1) is 35.5 Å². The van der Waals surface area contributed by atoms with Crippen LogP contribution < -0.4 is 0 Å². The Kier molecular flexibility index (Phi) is 8.40. The van der Waals surface area contributed by atoms with Gasteiger partial charge in [-0.05, 0) is 79.6 Å². The number of hydrogen-bond acceptors (Lipinski definition) is 5. The molecule has 0 atom stereocenters. The Labute approximate surface area is 271 Å². The molecule has 7 nitrogen and oxygen atoms in total. The quantitative estimate of drug-likeness (QED) is 0.135. The number of nitrogens with zero attached hydrogens (tertiary/aromatic N) is 3. The second-order valence-electron chi connectivity index (χ2n) is 11.8. The lowest BCUT2D eigenvalue weighted by Crippen LogP contribution is -2.31. The molecule has 47 heavy (non-hydrogen) atoms. The zero-order valence-electron chi connectivity index (χ0n) is 25.6. The summed E-state index contributed by atoms with van der Waals surface area (Å²) in [5, 5.41) is 9.66. The maximum absolute atomic E-state index is 15.4. The van der Waals surface area contributed by atoms with Gasteiger partial charge in [0, 0.05) is 33.2 Å². The average Bonchev–Trinajstić information content (AvgIpc) is 3.42. The smallest absolute Gasteiger partial charge is 0.337 e. The van der Waals surface area contributed by atoms with Gasteiger partial charge in [-0.15, -0.1) is 0 Å². The first-order valence-corrected chi connectivity index (χ1v) is 16.6. The van der Waals surface area contributed by atoms with E-state index in [0.29, 0.717) is 29.9 Å². The molecule has 236 valence electrons. The van der Waals surface area contributed by atoms with Crippen LogP contribution in [0.2, 0.25) is 0 Å². The molecule has 0 spiro atoms. The first kappa shape index (κ1) is 31.7. The molecule has 10 heteroatoms. The Hall–Kier alpha value is -5.32. The van der Waals surface area contributed by atoms with Crippen molar-refractivity contribution in [3.05, 3.63) is 113 Å². The van der Waals surface area contributed by atoms with Crippen LogP contribution in [0.3, 0.4) is 0 Å². The molecule has 0 N–H and O–H groups in total. The summed E-state index contributed by atoms with van der Waals surface area (Å²) in [4.78, 5) is 15.7. The molecule has 0 aliphatic heterocycles. The number of halogens is 2. The van der Waals surface area contributed by atoms with E-state index < -0.39 is 32.9 Å². The summed E-state index contributed by atoms with van der Waals surface area (Å²) in [7, 11) is -2.92. The summed E-state index contributed by atoms with van der Waals surface area (Å²) in [6.07, 6.45) is 2.35. The van der Waals surface area contributed by atoms with E-state index in [1.54, 1.807) is 30.3 Å². The topological polar surface area (TPSA) is 93.5 Å². The van der Waals surface area contributed by atoms with E-state index >= 15 is 8.78 Å². The largest absolute Gasteiger partial charge is 0.465 e. The fourth-order valence-electron chi connectivity index (χ4n) is 6.51. The molecule has 1 aliphatic rings. The summed E-state index contributed by atoms with van der Waals surface area (Å²) in [6.45, 7) is 10.0. The van der Waals surface area contributed by atoms with Crippen molar-refractivity contribution in [1.82, 2.24) is 3.97 Å². The molecule has 6 rings (SSSR count). The number of benzene rings is 4. The van der Waals surface area contributed by atoms with Crippen LogP contribution in [0.5, 0.6) is 0 Å². The van der Waals surface area contributed by atoms with E-state index in [2.05, 4.69) is 17.8 Å². The molecule has 0 bridgehead atoms. The number of carbonyl (C=O) groups excluding carboxylic acids is 1. The molecular weight excluding hydrogens is 620 g/mol. The van der Waals surface area contributed by atoms with Crippen molar-refractivity contribution in [1.29, 1.82) is 5.26 Å². The predicted molar refractivity (Wildman–Crippen MR) is 176 cm³/mol. The van der Waals surface area contributed by atoms with Crippen LogP contribution in [-0.2, 0) is 14.8 Å². The van der Waals surface area contributed by atoms with E-state index in [9.17, 15) is 18.5 Å². The molecule has 4 aromatic carbocycles. The molecule has 1 fully saturated rings. The van der Waals surface area contributed by atoms with Gasteiger partial charge in [0.2, 0.25) is 10.0 Å². The van der Waals surface area contributed by atoms with Crippen molar-refractivity contribution in [3.63, 3.8) is 0 Å². The Morgan fingerprint density at radius 3 is 2.36 bits per heavy atom. The molecule has 5 aromatic rings. The van der Waals surface area contributed by atoms with Crippen LogP contribution in [0.25, 0.3) is 49.3 Å². The highest BCUT2D eigenvalue weighted by Crippen LogP contribution is 2.48. The zero-order chi connectivity index (χ0) is 33.5. The van der Waals surface area contributed by atoms with Crippen molar-refractivity contribution in [2.45, 2.75) is 37.9 Å². The van der Waals surface area contributed by atoms with Crippen molar-refractivity contribution < 1.29 is 26.7 Å². The second kappa shape index (κ2) is 12.5. The number of nitriles is 1. The normalized spacial score (nSPS) is 16.4. The van der Waals surface area contributed by atoms with Crippen molar-refractivity contribution in [2.75, 3.05) is 7.11 Å². The fourth-order valence-corrected chi connectivity index (χ4v) is 8.56. The van der Waals surface area contributed by atoms with Gasteiger partial charge in [-0.1, -0.05) is 43.3 Å². The van der Waals surface area contributed by atoms with Gasteiger partial charge < -0.3 is 4.74 Å². The Balaban J connectivity index is 1.71. The van der Waals surface area contributed by atoms with E-state index in [-0.39, 0.29) is 50.1 Å². The third-order valence-corrected chi connectivity index (χ3v) is 11.1. The molecule has 1 aromatic heterocycles. The highest BCUT2D eigenvalue weighted by Gasteiger charge is 2.36. The van der Waals surface area contributed by atoms with E-state index in [1.165, 1.54) is 53.5 Å². The van der Waals surface area contributed by atoms with Crippen molar-refractivity contribution >= 4 is 32.6 Å². The maximum Gasteiger partial charge on any atom is 0.337 e. The minimum atomic E-state index is -4.13. The molecule has 1 aliphatic carbocycles. The number of hydrogen-bond donors (Lipinski definition) is 0. The van der Waals surface area contributed by atoms with E-state index in [0.717, 1.165) is 18.9 Å². The number of rotatable bonds is 6. The van der Waals surface area contributed by atoms with Gasteiger partial charge in [-0.25, -0.2) is 30.8 Å². The van der Waals surface area contributed by atoms with Gasteiger partial charge in [0.15, 0.2) is 5.69 Å². The highest BCUT2D eigenvalue weighted by atomic mass is 32.2. The monoisotopic (exact) mass is 649 g/mol. The standard InChI is InChI=1S/C37H29F2N3O4S/c1-22-10-14-28(15-11-22)47(44,45)42-33-17-13-27(38)20-30(33)35(34-26(21-40)8-5-9-32(34)41-2)36(42)24-7-4-6-23(18-24)29-16-12-25(19-31(29)39)37(43)46-3/h4-9,12-13,16-20,22,28H,10-11,14-15H2,1,3H3. The number of aromatic nitrogens is 1. The Morgan fingerprint density at radius 2 is 1.68 bits per heavy atom. The molecule has 0 amide bonds. The van der Waals surface area contributed by atoms with Gasteiger partial charge >= 0.3 is 5.97 Å². The summed E-state index contributed by atoms with van der Waals surface area (Å²) >= 11 is 0. The molecular formula is C37H29F2N3O4S. The van der Waals surface area contributed by atoms with Gasteiger partial charge in [0.1, 0.15) is 11.6 Å². The summed E-state index contributed by atoms with van der Waals surface area (Å²) in [5.41, 5.74) is 1.87. The van der Waals surface area contributed by atoms with Gasteiger partial charge in [0.05, 0.1) is 41.8 Å². The minimum absolute atomic E-state index is 0.0296. The Morgan fingerprint density at radius 1 is 0.957 bits per heavy atom. The lowest BCUT2D eigenvalue weighted by molar-refractivity contribution is 0.0600. The third kappa shape index (κ3) is 5.55. The van der Waals surface area contributed by atoms with E-state index in [1.807, 2.05) is 0 Å². The van der Waals surface area contributed by atoms with Crippen molar-refractivity contribution in [3.8, 4) is 39.6 Å². The predicted octanol–water partition coefficient (Wildman–Crippen LogP) is 8.89. The van der Waals surface area contributed by atoms with E-state index in [4.69, 9.17) is 11.3 Å². The maximum atomic E-state index is 15.4. The first-order valence-electron chi connectivity index (χ1n) is 15.1. The second-order valence-corrected chi connectivity index (χ2v) is 13.8. The van der Waals surface area contributed by atoms with Crippen molar-refractivity contribution in [2.24, 2.45) is 5.92 Å². The highest BCUT2D eigenvalue weighted by molar-refractivity contribution is 7.90. The lowest BCUT2D eigenvalue weighted by Gasteiger charge is -2.27. The summed E-state index contributed by atoms with van der Waals surface area (Å²) < 4.78 is 65.8. The number of esters is 1. The average molecular weight is 650 g/mol. The zero-order valence-corrected chi connectivity index (χ0v) is 26.4. The molecule has 1 saturated carbocycles. The molecule has 0 saturated heterocycles. The minimum Gasteiger partial charge on any atom is -0.465 e. The summed E-state index contributed by atoms with van der Waals surface area (Å²) in [5.74, 6) is -1.62. The number of methoxy groups -OCH3 is 1. The molecule has 1 heterocycles. The van der Waals surface area contributed by atoms with Crippen LogP contribution in [0.1, 0.15) is 48.5 Å². The lowest BCUT2D eigenvalue weighted by atomic mass is 9.91. The number of ether oxygens (including phenoxy) is 1. The van der Waals surface area contributed by atoms with Crippen LogP contribution in [-0.4, -0.2) is 30.7 Å². The number of carbonyl (C=O) groups is 1. The summed E-state index contributed by atoms with van der Waals surface area (Å²) in [6, 6.07) is 21.1. The number of fused-ring (bicyclic) bond motifs is 1. The molecule has 0 radical (unpaired) electrons. The third-order valence-electron chi connectivity index (χ3n) is 8.90. The SMILES string of the molecule is [C-]#[N+]c1cccc(C#N)c1-c1c(-c2cccc(-c3ccc(C(=O)OC)cc3F)c2)n(S(=O)(=O)C2CCC(C)CC2)c2ccc(F)cc12. The van der Waals surface area contributed by atoms with Gasteiger partial charge in [-0.2, -0.15) is 5.26 Å².